The number of carboxylic acids is 1. The molecule has 0 bridgehead atoms. The minimum atomic E-state index is -0.823. The van der Waals surface area contributed by atoms with Crippen molar-refractivity contribution in [2.45, 2.75) is 26.2 Å². The Labute approximate surface area is 126 Å². The van der Waals surface area contributed by atoms with Crippen LogP contribution in [-0.4, -0.2) is 15.6 Å². The molecule has 21 heavy (non-hydrogen) atoms. The molecule has 0 aliphatic heterocycles. The summed E-state index contributed by atoms with van der Waals surface area (Å²) in [5.74, 6) is -1.65. The third kappa shape index (κ3) is 3.21. The molecule has 6 heteroatoms. The number of benzene rings is 1. The fourth-order valence-corrected chi connectivity index (χ4v) is 3.38. The molecule has 0 saturated heterocycles. The number of rotatable bonds is 4. The van der Waals surface area contributed by atoms with Gasteiger partial charge in [0.2, 0.25) is 0 Å². The molecule has 0 aliphatic rings. The van der Waals surface area contributed by atoms with Gasteiger partial charge in [0.1, 0.15) is 5.82 Å². The zero-order valence-corrected chi connectivity index (χ0v) is 12.9. The van der Waals surface area contributed by atoms with Crippen LogP contribution in [0.15, 0.2) is 29.3 Å². The lowest BCUT2D eigenvalue weighted by Crippen LogP contribution is -2.12. The van der Waals surface area contributed by atoms with Crippen molar-refractivity contribution < 1.29 is 14.3 Å². The Morgan fingerprint density at radius 2 is 2.05 bits per heavy atom. The van der Waals surface area contributed by atoms with Crippen LogP contribution in [0.4, 0.5) is 10.1 Å². The summed E-state index contributed by atoms with van der Waals surface area (Å²) in [6, 6.07) is 5.90. The average molecular weight is 308 g/mol. The summed E-state index contributed by atoms with van der Waals surface area (Å²) in [6.45, 7) is 3.75. The Morgan fingerprint density at radius 3 is 2.57 bits per heavy atom. The van der Waals surface area contributed by atoms with Gasteiger partial charge in [0.05, 0.1) is 11.6 Å². The van der Waals surface area contributed by atoms with Crippen LogP contribution in [0.25, 0.3) is 0 Å². The van der Waals surface area contributed by atoms with E-state index in [-0.39, 0.29) is 5.82 Å². The number of halogens is 1. The normalized spacial score (nSPS) is 13.4. The molecule has 0 fully saturated rings. The number of hydrogen-bond acceptors (Lipinski definition) is 3. The summed E-state index contributed by atoms with van der Waals surface area (Å²) >= 11 is 1.37. The van der Waals surface area contributed by atoms with E-state index in [1.807, 2.05) is 25.5 Å². The molecular formula is C15H17FN2O2S. The summed E-state index contributed by atoms with van der Waals surface area (Å²) < 4.78 is 14.8. The molecule has 1 atom stereocenters. The number of hydrogen-bond donors (Lipinski definition) is 1. The maximum absolute atomic E-state index is 12.9. The van der Waals surface area contributed by atoms with Crippen LogP contribution in [0, 0.1) is 12.7 Å². The fourth-order valence-electron chi connectivity index (χ4n) is 2.07. The number of thiazole rings is 1. The minimum absolute atomic E-state index is 0.307. The van der Waals surface area contributed by atoms with Gasteiger partial charge >= 0.3 is 5.97 Å². The Bertz CT molecular complexity index is 716. The van der Waals surface area contributed by atoms with Crippen molar-refractivity contribution in [3.05, 3.63) is 45.5 Å². The summed E-state index contributed by atoms with van der Waals surface area (Å²) in [5, 5.41) is 9.30. The first-order chi connectivity index (χ1) is 9.93. The molecule has 2 aromatic rings. The second kappa shape index (κ2) is 6.22. The van der Waals surface area contributed by atoms with Gasteiger partial charge in [0.15, 0.2) is 4.80 Å². The molecule has 2 rings (SSSR count). The van der Waals surface area contributed by atoms with Crippen molar-refractivity contribution in [1.29, 1.82) is 0 Å². The molecule has 1 aromatic carbocycles. The quantitative estimate of drug-likeness (QED) is 0.941. The lowest BCUT2D eigenvalue weighted by Gasteiger charge is -2.08. The number of carbonyl (C=O) groups is 1. The van der Waals surface area contributed by atoms with Crippen molar-refractivity contribution in [2.75, 3.05) is 0 Å². The standard InChI is InChI=1S/C15H17FN2O2S/c1-4-12(14(19)20)13-9(2)18(3)15(21-13)17-11-7-5-10(16)6-8-11/h5-8,12H,4H2,1-3H3,(H,19,20). The van der Waals surface area contributed by atoms with Gasteiger partial charge in [-0.3, -0.25) is 4.79 Å². The van der Waals surface area contributed by atoms with Crippen LogP contribution in [0.1, 0.15) is 29.8 Å². The third-order valence-corrected chi connectivity index (χ3v) is 4.77. The number of nitrogens with zero attached hydrogens (tertiary/aromatic N) is 2. The van der Waals surface area contributed by atoms with Gasteiger partial charge in [-0.25, -0.2) is 9.38 Å². The molecule has 1 N–H and O–H groups in total. The predicted octanol–water partition coefficient (Wildman–Crippen LogP) is 3.34. The van der Waals surface area contributed by atoms with Crippen LogP contribution >= 0.6 is 11.3 Å². The number of aromatic nitrogens is 1. The molecule has 4 nitrogen and oxygen atoms in total. The number of aliphatic carboxylic acids is 1. The Balaban J connectivity index is 2.51. The van der Waals surface area contributed by atoms with Crippen LogP contribution < -0.4 is 4.80 Å². The van der Waals surface area contributed by atoms with E-state index in [0.717, 1.165) is 10.6 Å². The smallest absolute Gasteiger partial charge is 0.311 e. The molecule has 0 amide bonds. The van der Waals surface area contributed by atoms with E-state index in [2.05, 4.69) is 4.99 Å². The predicted molar refractivity (Wildman–Crippen MR) is 80.3 cm³/mol. The van der Waals surface area contributed by atoms with Gasteiger partial charge in [-0.2, -0.15) is 0 Å². The van der Waals surface area contributed by atoms with Gasteiger partial charge in [0.25, 0.3) is 0 Å². The monoisotopic (exact) mass is 308 g/mol. The molecule has 0 aliphatic carbocycles. The minimum Gasteiger partial charge on any atom is -0.481 e. The van der Waals surface area contributed by atoms with E-state index in [1.165, 1.54) is 23.5 Å². The Morgan fingerprint density at radius 1 is 1.43 bits per heavy atom. The van der Waals surface area contributed by atoms with E-state index in [9.17, 15) is 14.3 Å². The molecular weight excluding hydrogens is 291 g/mol. The highest BCUT2D eigenvalue weighted by Crippen LogP contribution is 2.26. The highest BCUT2D eigenvalue weighted by Gasteiger charge is 2.23. The van der Waals surface area contributed by atoms with Crippen LogP contribution in [0.5, 0.6) is 0 Å². The molecule has 0 spiro atoms. The first-order valence-corrected chi connectivity index (χ1v) is 7.45. The van der Waals surface area contributed by atoms with Crippen molar-refractivity contribution >= 4 is 23.0 Å². The summed E-state index contributed by atoms with van der Waals surface area (Å²) in [7, 11) is 1.85. The van der Waals surface area contributed by atoms with Gasteiger partial charge in [-0.05, 0) is 37.6 Å². The third-order valence-electron chi connectivity index (χ3n) is 3.42. The second-order valence-electron chi connectivity index (χ2n) is 4.78. The summed E-state index contributed by atoms with van der Waals surface area (Å²) in [5.41, 5.74) is 1.54. The number of carboxylic acid groups (broad SMARTS) is 1. The van der Waals surface area contributed by atoms with E-state index < -0.39 is 11.9 Å². The van der Waals surface area contributed by atoms with Gasteiger partial charge in [-0.1, -0.05) is 6.92 Å². The summed E-state index contributed by atoms with van der Waals surface area (Å²) in [4.78, 5) is 17.3. The zero-order chi connectivity index (χ0) is 15.6. The van der Waals surface area contributed by atoms with Crippen molar-refractivity contribution in [3.63, 3.8) is 0 Å². The van der Waals surface area contributed by atoms with Crippen molar-refractivity contribution in [1.82, 2.24) is 4.57 Å². The second-order valence-corrected chi connectivity index (χ2v) is 5.79. The topological polar surface area (TPSA) is 54.6 Å². The van der Waals surface area contributed by atoms with Crippen LogP contribution in [-0.2, 0) is 11.8 Å². The molecule has 112 valence electrons. The average Bonchev–Trinajstić information content (AvgIpc) is 2.71. The molecule has 1 aromatic heterocycles. The van der Waals surface area contributed by atoms with Crippen LogP contribution in [0.3, 0.4) is 0 Å². The van der Waals surface area contributed by atoms with Crippen LogP contribution in [0.2, 0.25) is 0 Å². The fraction of sp³-hybridized carbons (Fsp3) is 0.333. The van der Waals surface area contributed by atoms with E-state index >= 15 is 0 Å². The molecule has 0 saturated carbocycles. The highest BCUT2D eigenvalue weighted by molar-refractivity contribution is 7.09. The lowest BCUT2D eigenvalue weighted by atomic mass is 10.0. The first-order valence-electron chi connectivity index (χ1n) is 6.63. The first kappa shape index (κ1) is 15.4. The Hall–Kier alpha value is -1.95. The lowest BCUT2D eigenvalue weighted by molar-refractivity contribution is -0.138. The van der Waals surface area contributed by atoms with E-state index in [0.29, 0.717) is 16.9 Å². The molecule has 1 heterocycles. The molecule has 1 unspecified atom stereocenters. The molecule has 0 radical (unpaired) electrons. The maximum atomic E-state index is 12.9. The highest BCUT2D eigenvalue weighted by atomic mass is 32.1. The van der Waals surface area contributed by atoms with E-state index in [1.54, 1.807) is 12.1 Å². The van der Waals surface area contributed by atoms with Gasteiger partial charge in [-0.15, -0.1) is 11.3 Å². The summed E-state index contributed by atoms with van der Waals surface area (Å²) in [6.07, 6.45) is 0.534. The maximum Gasteiger partial charge on any atom is 0.311 e. The van der Waals surface area contributed by atoms with Gasteiger partial charge < -0.3 is 9.67 Å². The van der Waals surface area contributed by atoms with Crippen molar-refractivity contribution in [2.24, 2.45) is 12.0 Å². The van der Waals surface area contributed by atoms with E-state index in [4.69, 9.17) is 0 Å². The largest absolute Gasteiger partial charge is 0.481 e. The van der Waals surface area contributed by atoms with Crippen molar-refractivity contribution in [3.8, 4) is 0 Å². The Kier molecular flexibility index (Phi) is 4.57. The SMILES string of the molecule is CCC(C(=O)O)c1sc(=Nc2ccc(F)cc2)n(C)c1C. The zero-order valence-electron chi connectivity index (χ0n) is 12.1. The van der Waals surface area contributed by atoms with Gasteiger partial charge in [0, 0.05) is 17.6 Å².